The largest absolute Gasteiger partial charge is 0.497 e. The molecule has 0 radical (unpaired) electrons. The number of amidine groups is 1. The summed E-state index contributed by atoms with van der Waals surface area (Å²) in [5.74, 6) is 0.616. The lowest BCUT2D eigenvalue weighted by molar-refractivity contribution is -0.126. The number of benzene rings is 1. The van der Waals surface area contributed by atoms with Gasteiger partial charge in [0, 0.05) is 0 Å². The number of amides is 1. The van der Waals surface area contributed by atoms with Crippen LogP contribution in [0.3, 0.4) is 0 Å². The summed E-state index contributed by atoms with van der Waals surface area (Å²) in [5.41, 5.74) is 0.876. The Hall–Kier alpha value is -1.72. The molecule has 1 amide bonds. The Morgan fingerprint density at radius 3 is 2.55 bits per heavy atom. The lowest BCUT2D eigenvalue weighted by Gasteiger charge is -2.22. The van der Waals surface area contributed by atoms with E-state index in [0.29, 0.717) is 5.84 Å². The highest BCUT2D eigenvalue weighted by Gasteiger charge is 2.23. The summed E-state index contributed by atoms with van der Waals surface area (Å²) in [6.07, 6.45) is 1.55. The Morgan fingerprint density at radius 2 is 2.05 bits per heavy atom. The molecule has 0 saturated carbocycles. The van der Waals surface area contributed by atoms with E-state index < -0.39 is 10.7 Å². The van der Waals surface area contributed by atoms with Gasteiger partial charge in [-0.15, -0.1) is 0 Å². The number of carbonyl (C=O) groups excluding carboxylic acids is 1. The van der Waals surface area contributed by atoms with Gasteiger partial charge in [0.25, 0.3) is 5.91 Å². The van der Waals surface area contributed by atoms with Crippen LogP contribution in [0.4, 0.5) is 0 Å². The van der Waals surface area contributed by atoms with Crippen molar-refractivity contribution in [3.8, 4) is 5.75 Å². The molecule has 1 aromatic carbocycles. The van der Waals surface area contributed by atoms with E-state index in [1.807, 2.05) is 12.1 Å². The van der Waals surface area contributed by atoms with Crippen molar-refractivity contribution in [2.75, 3.05) is 13.7 Å². The van der Waals surface area contributed by atoms with E-state index >= 15 is 0 Å². The van der Waals surface area contributed by atoms with Gasteiger partial charge < -0.3 is 9.57 Å². The summed E-state index contributed by atoms with van der Waals surface area (Å²) in [7, 11) is 1.59. The molecular formula is C15H18Cl2N2O3. The number of ether oxygens (including phenoxy) is 1. The first-order valence-corrected chi connectivity index (χ1v) is 7.36. The van der Waals surface area contributed by atoms with Crippen LogP contribution in [0.25, 0.3) is 0 Å². The molecule has 0 saturated heterocycles. The third-order valence-corrected chi connectivity index (χ3v) is 3.11. The quantitative estimate of drug-likeness (QED) is 0.190. The predicted octanol–water partition coefficient (Wildman–Crippen LogP) is 3.36. The predicted molar refractivity (Wildman–Crippen MR) is 88.3 cm³/mol. The van der Waals surface area contributed by atoms with Gasteiger partial charge in [-0.2, -0.15) is 0 Å². The number of carbonyl (C=O) groups is 1. The molecule has 0 spiro atoms. The fraction of sp³-hybridized carbons (Fsp3) is 0.333. The number of nitrogens with zero attached hydrogens (tertiary/aromatic N) is 2. The van der Waals surface area contributed by atoms with E-state index in [1.165, 1.54) is 4.90 Å². The second kappa shape index (κ2) is 9.33. The lowest BCUT2D eigenvalue weighted by atomic mass is 10.2. The van der Waals surface area contributed by atoms with Crippen LogP contribution in [-0.4, -0.2) is 35.2 Å². The highest BCUT2D eigenvalue weighted by molar-refractivity contribution is 6.53. The maximum Gasteiger partial charge on any atom is 0.261 e. The van der Waals surface area contributed by atoms with Crippen molar-refractivity contribution in [1.29, 1.82) is 0 Å². The molecule has 0 aliphatic carbocycles. The number of hydrogen-bond donors (Lipinski definition) is 0. The Balaban J connectivity index is 2.91. The van der Waals surface area contributed by atoms with E-state index in [4.69, 9.17) is 32.8 Å². The zero-order valence-electron chi connectivity index (χ0n) is 12.5. The molecule has 5 nitrogen and oxygen atoms in total. The van der Waals surface area contributed by atoms with Gasteiger partial charge in [-0.25, -0.2) is 0 Å². The minimum atomic E-state index is -1.18. The normalized spacial score (nSPS) is 11.2. The molecule has 0 fully saturated rings. The topological polar surface area (TPSA) is 51.1 Å². The summed E-state index contributed by atoms with van der Waals surface area (Å²) in [4.78, 5) is 17.3. The monoisotopic (exact) mass is 344 g/mol. The molecule has 0 aliphatic rings. The van der Waals surface area contributed by atoms with Gasteiger partial charge in [0.1, 0.15) is 18.2 Å². The van der Waals surface area contributed by atoms with E-state index in [-0.39, 0.29) is 13.2 Å². The Bertz CT molecular complexity index is 530. The van der Waals surface area contributed by atoms with Crippen molar-refractivity contribution in [1.82, 2.24) is 4.90 Å². The van der Waals surface area contributed by atoms with Crippen LogP contribution in [0.2, 0.25) is 0 Å². The molecule has 7 heteroatoms. The maximum absolute atomic E-state index is 12.1. The summed E-state index contributed by atoms with van der Waals surface area (Å²) in [5, 5.41) is 3.86. The number of methoxy groups -OCH3 is 1. The molecule has 0 bridgehead atoms. The van der Waals surface area contributed by atoms with Gasteiger partial charge in [0.15, 0.2) is 4.84 Å². The fourth-order valence-electron chi connectivity index (χ4n) is 1.62. The van der Waals surface area contributed by atoms with Crippen LogP contribution < -0.4 is 4.74 Å². The van der Waals surface area contributed by atoms with E-state index in [1.54, 1.807) is 32.2 Å². The van der Waals surface area contributed by atoms with Crippen LogP contribution in [0.5, 0.6) is 5.75 Å². The fourth-order valence-corrected chi connectivity index (χ4v) is 1.85. The van der Waals surface area contributed by atoms with Crippen LogP contribution in [0.1, 0.15) is 12.5 Å². The van der Waals surface area contributed by atoms with Gasteiger partial charge in [-0.05, 0) is 24.6 Å². The van der Waals surface area contributed by atoms with Crippen molar-refractivity contribution in [3.05, 3.63) is 42.5 Å². The van der Waals surface area contributed by atoms with Gasteiger partial charge in [0.2, 0.25) is 0 Å². The Kier molecular flexibility index (Phi) is 7.77. The van der Waals surface area contributed by atoms with Crippen LogP contribution in [0, 0.1) is 0 Å². The third-order valence-electron chi connectivity index (χ3n) is 2.73. The first-order chi connectivity index (χ1) is 10.5. The summed E-state index contributed by atoms with van der Waals surface area (Å²) >= 11 is 11.4. The van der Waals surface area contributed by atoms with E-state index in [0.717, 1.165) is 11.3 Å². The minimum Gasteiger partial charge on any atom is -0.497 e. The zero-order valence-corrected chi connectivity index (χ0v) is 14.0. The SMILES string of the molecule is C=CCO/N=C(/C)N(Cc1ccc(OC)cc1)C(=O)C(Cl)Cl. The Labute approximate surface area is 140 Å². The van der Waals surface area contributed by atoms with Crippen LogP contribution >= 0.6 is 23.2 Å². The molecule has 0 unspecified atom stereocenters. The van der Waals surface area contributed by atoms with Gasteiger partial charge >= 0.3 is 0 Å². The number of rotatable bonds is 7. The second-order valence-electron chi connectivity index (χ2n) is 4.30. The maximum atomic E-state index is 12.1. The first kappa shape index (κ1) is 18.3. The van der Waals surface area contributed by atoms with Crippen molar-refractivity contribution in [2.24, 2.45) is 5.16 Å². The van der Waals surface area contributed by atoms with Crippen molar-refractivity contribution < 1.29 is 14.4 Å². The molecule has 22 heavy (non-hydrogen) atoms. The second-order valence-corrected chi connectivity index (χ2v) is 5.39. The number of alkyl halides is 2. The summed E-state index contributed by atoms with van der Waals surface area (Å²) in [6.45, 7) is 5.67. The lowest BCUT2D eigenvalue weighted by Crippen LogP contribution is -2.38. The average Bonchev–Trinajstić information content (AvgIpc) is 2.52. The molecule has 1 rings (SSSR count). The summed E-state index contributed by atoms with van der Waals surface area (Å²) in [6, 6.07) is 7.29. The molecular weight excluding hydrogens is 327 g/mol. The number of halogens is 2. The van der Waals surface area contributed by atoms with Crippen molar-refractivity contribution in [2.45, 2.75) is 18.3 Å². The number of oxime groups is 1. The van der Waals surface area contributed by atoms with E-state index in [9.17, 15) is 4.79 Å². The van der Waals surface area contributed by atoms with E-state index in [2.05, 4.69) is 11.7 Å². The van der Waals surface area contributed by atoms with Crippen LogP contribution in [-0.2, 0) is 16.2 Å². The van der Waals surface area contributed by atoms with Crippen molar-refractivity contribution in [3.63, 3.8) is 0 Å². The molecule has 0 aromatic heterocycles. The van der Waals surface area contributed by atoms with Gasteiger partial charge in [-0.3, -0.25) is 9.69 Å². The summed E-state index contributed by atoms with van der Waals surface area (Å²) < 4.78 is 5.10. The highest BCUT2D eigenvalue weighted by Crippen LogP contribution is 2.16. The highest BCUT2D eigenvalue weighted by atomic mass is 35.5. The van der Waals surface area contributed by atoms with Crippen LogP contribution in [0.15, 0.2) is 42.1 Å². The van der Waals surface area contributed by atoms with Gasteiger partial charge in [0.05, 0.1) is 13.7 Å². The molecule has 0 aliphatic heterocycles. The molecule has 0 N–H and O–H groups in total. The average molecular weight is 345 g/mol. The number of hydrogen-bond acceptors (Lipinski definition) is 4. The zero-order chi connectivity index (χ0) is 16.5. The first-order valence-electron chi connectivity index (χ1n) is 6.49. The molecule has 120 valence electrons. The molecule has 0 atom stereocenters. The van der Waals surface area contributed by atoms with Crippen molar-refractivity contribution >= 4 is 34.9 Å². The molecule has 1 aromatic rings. The Morgan fingerprint density at radius 1 is 1.41 bits per heavy atom. The standard InChI is InChI=1S/C15H18Cl2N2O3/c1-4-9-22-18-11(2)19(15(20)14(16)17)10-12-5-7-13(21-3)8-6-12/h4-8,14H,1,9-10H2,2-3H3/b18-11-. The third kappa shape index (κ3) is 5.58. The molecule has 0 heterocycles. The minimum absolute atomic E-state index is 0.243. The van der Waals surface area contributed by atoms with Gasteiger partial charge in [-0.1, -0.05) is 53.1 Å². The smallest absolute Gasteiger partial charge is 0.261 e.